The molecule has 1 aliphatic rings. The van der Waals surface area contributed by atoms with Crippen LogP contribution in [0.3, 0.4) is 0 Å². The molecule has 3 heterocycles. The molecule has 21 heavy (non-hydrogen) atoms. The number of aliphatic hydroxyl groups excluding tert-OH is 1. The van der Waals surface area contributed by atoms with Crippen LogP contribution in [0.15, 0.2) is 30.5 Å². The van der Waals surface area contributed by atoms with Gasteiger partial charge in [-0.05, 0) is 24.3 Å². The maximum absolute atomic E-state index is 9.26. The Morgan fingerprint density at radius 2 is 1.90 bits per heavy atom. The Bertz CT molecular complexity index is 645. The molecule has 1 aliphatic heterocycles. The molecule has 0 atom stereocenters. The van der Waals surface area contributed by atoms with E-state index in [1.54, 1.807) is 18.3 Å². The maximum atomic E-state index is 9.26. The lowest BCUT2D eigenvalue weighted by Gasteiger charge is -2.11. The molecule has 1 saturated heterocycles. The summed E-state index contributed by atoms with van der Waals surface area (Å²) in [4.78, 5) is 8.38. The molecule has 2 N–H and O–H groups in total. The summed E-state index contributed by atoms with van der Waals surface area (Å²) in [5, 5.41) is 18.7. The van der Waals surface area contributed by atoms with E-state index in [-0.39, 0.29) is 10.7 Å². The number of hydrogen-bond donors (Lipinski definition) is 2. The normalized spacial score (nSPS) is 15.8. The highest BCUT2D eigenvalue weighted by molar-refractivity contribution is 6.29. The van der Waals surface area contributed by atoms with Gasteiger partial charge in [0.1, 0.15) is 5.15 Å². The molecule has 2 aromatic rings. The zero-order valence-corrected chi connectivity index (χ0v) is 11.7. The van der Waals surface area contributed by atoms with Gasteiger partial charge in [0.15, 0.2) is 12.6 Å². The molecule has 0 spiro atoms. The van der Waals surface area contributed by atoms with Crippen molar-refractivity contribution in [2.24, 2.45) is 0 Å². The Balaban J connectivity index is 1.98. The van der Waals surface area contributed by atoms with Crippen LogP contribution in [-0.2, 0) is 9.47 Å². The average molecular weight is 309 g/mol. The Kier molecular flexibility index (Phi) is 4.14. The van der Waals surface area contributed by atoms with E-state index in [1.165, 1.54) is 12.1 Å². The van der Waals surface area contributed by atoms with E-state index < -0.39 is 12.6 Å². The van der Waals surface area contributed by atoms with E-state index in [1.807, 2.05) is 0 Å². The number of aliphatic hydroxyl groups is 2. The summed E-state index contributed by atoms with van der Waals surface area (Å²) < 4.78 is 10.9. The van der Waals surface area contributed by atoms with Crippen molar-refractivity contribution in [2.75, 3.05) is 13.2 Å². The molecule has 6 nitrogen and oxygen atoms in total. The molecule has 0 unspecified atom stereocenters. The zero-order valence-electron chi connectivity index (χ0n) is 10.9. The third kappa shape index (κ3) is 3.20. The minimum Gasteiger partial charge on any atom is -0.364 e. The fourth-order valence-electron chi connectivity index (χ4n) is 2.08. The van der Waals surface area contributed by atoms with E-state index in [0.717, 1.165) is 5.56 Å². The van der Waals surface area contributed by atoms with Gasteiger partial charge in [0.2, 0.25) is 0 Å². The lowest BCUT2D eigenvalue weighted by Crippen LogP contribution is -2.01. The van der Waals surface area contributed by atoms with Crippen molar-refractivity contribution in [2.45, 2.75) is 12.6 Å². The van der Waals surface area contributed by atoms with Crippen LogP contribution < -0.4 is 0 Å². The highest BCUT2D eigenvalue weighted by atomic mass is 35.5. The van der Waals surface area contributed by atoms with Crippen LogP contribution in [0, 0.1) is 0 Å². The molecule has 2 aromatic heterocycles. The largest absolute Gasteiger partial charge is 0.364 e. The van der Waals surface area contributed by atoms with E-state index in [4.69, 9.17) is 21.1 Å². The number of aromatic nitrogens is 2. The molecule has 110 valence electrons. The summed E-state index contributed by atoms with van der Waals surface area (Å²) in [5.74, 6) is 0. The minimum atomic E-state index is -1.62. The summed E-state index contributed by atoms with van der Waals surface area (Å²) in [6.07, 6.45) is -0.407. The monoisotopic (exact) mass is 308 g/mol. The fourth-order valence-corrected chi connectivity index (χ4v) is 2.30. The summed E-state index contributed by atoms with van der Waals surface area (Å²) in [6.45, 7) is 1.11. The predicted molar refractivity (Wildman–Crippen MR) is 74.3 cm³/mol. The Labute approximate surface area is 126 Å². The van der Waals surface area contributed by atoms with Crippen molar-refractivity contribution in [3.8, 4) is 11.4 Å². The van der Waals surface area contributed by atoms with Crippen molar-refractivity contribution < 1.29 is 19.7 Å². The van der Waals surface area contributed by atoms with Crippen LogP contribution in [0.25, 0.3) is 11.4 Å². The van der Waals surface area contributed by atoms with Crippen molar-refractivity contribution in [3.63, 3.8) is 0 Å². The highest BCUT2D eigenvalue weighted by Gasteiger charge is 2.19. The molecule has 0 amide bonds. The lowest BCUT2D eigenvalue weighted by atomic mass is 10.1. The summed E-state index contributed by atoms with van der Waals surface area (Å²) >= 11 is 5.90. The maximum Gasteiger partial charge on any atom is 0.184 e. The first-order chi connectivity index (χ1) is 10.1. The van der Waals surface area contributed by atoms with Gasteiger partial charge in [-0.1, -0.05) is 11.6 Å². The van der Waals surface area contributed by atoms with Crippen molar-refractivity contribution in [3.05, 3.63) is 46.7 Å². The number of halogens is 1. The number of ether oxygens (including phenoxy) is 2. The summed E-state index contributed by atoms with van der Waals surface area (Å²) in [6, 6.07) is 6.50. The van der Waals surface area contributed by atoms with Crippen molar-refractivity contribution in [1.29, 1.82) is 0 Å². The van der Waals surface area contributed by atoms with Crippen LogP contribution in [0.4, 0.5) is 0 Å². The summed E-state index contributed by atoms with van der Waals surface area (Å²) in [7, 11) is 0. The first-order valence-electron chi connectivity index (χ1n) is 6.36. The lowest BCUT2D eigenvalue weighted by molar-refractivity contribution is -0.0442. The predicted octanol–water partition coefficient (Wildman–Crippen LogP) is 1.83. The molecular formula is C14H13ClN2O4. The number of nitrogens with zero attached hydrogens (tertiary/aromatic N) is 2. The number of hydrogen-bond acceptors (Lipinski definition) is 6. The van der Waals surface area contributed by atoms with Gasteiger partial charge < -0.3 is 19.7 Å². The van der Waals surface area contributed by atoms with E-state index in [9.17, 15) is 10.2 Å². The highest BCUT2D eigenvalue weighted by Crippen LogP contribution is 2.27. The van der Waals surface area contributed by atoms with Gasteiger partial charge >= 0.3 is 0 Å². The molecule has 0 saturated carbocycles. The second kappa shape index (κ2) is 6.05. The van der Waals surface area contributed by atoms with Gasteiger partial charge in [-0.3, -0.25) is 4.98 Å². The van der Waals surface area contributed by atoms with E-state index >= 15 is 0 Å². The van der Waals surface area contributed by atoms with Crippen LogP contribution in [0.5, 0.6) is 0 Å². The molecule has 0 bridgehead atoms. The third-order valence-corrected chi connectivity index (χ3v) is 3.25. The van der Waals surface area contributed by atoms with Crippen LogP contribution in [0.2, 0.25) is 5.15 Å². The SMILES string of the molecule is OC(O)c1cc(Cl)nc(-c2cc(C3OCCO3)ccn2)c1. The molecule has 3 rings (SSSR count). The molecule has 7 heteroatoms. The second-order valence-electron chi connectivity index (χ2n) is 4.53. The third-order valence-electron chi connectivity index (χ3n) is 3.05. The molecule has 0 radical (unpaired) electrons. The van der Waals surface area contributed by atoms with Crippen LogP contribution in [0.1, 0.15) is 23.7 Å². The van der Waals surface area contributed by atoms with Gasteiger partial charge in [-0.15, -0.1) is 0 Å². The topological polar surface area (TPSA) is 84.7 Å². The quantitative estimate of drug-likeness (QED) is 0.664. The Hall–Kier alpha value is -1.57. The standard InChI is InChI=1S/C14H13ClN2O4/c15-12-7-9(13(18)19)6-11(17-12)10-5-8(1-2-16-10)14-20-3-4-21-14/h1-2,5-7,13-14,18-19H,3-4H2. The van der Waals surface area contributed by atoms with Crippen molar-refractivity contribution in [1.82, 2.24) is 9.97 Å². The second-order valence-corrected chi connectivity index (χ2v) is 4.92. The Morgan fingerprint density at radius 3 is 2.62 bits per heavy atom. The number of pyridine rings is 2. The van der Waals surface area contributed by atoms with Gasteiger partial charge in [0.05, 0.1) is 24.6 Å². The van der Waals surface area contributed by atoms with Gasteiger partial charge in [0.25, 0.3) is 0 Å². The molecule has 1 fully saturated rings. The average Bonchev–Trinajstić information content (AvgIpc) is 3.01. The fraction of sp³-hybridized carbons (Fsp3) is 0.286. The molecule has 0 aliphatic carbocycles. The zero-order chi connectivity index (χ0) is 14.8. The van der Waals surface area contributed by atoms with E-state index in [0.29, 0.717) is 24.6 Å². The minimum absolute atomic E-state index is 0.163. The first kappa shape index (κ1) is 14.4. The van der Waals surface area contributed by atoms with Gasteiger partial charge in [-0.2, -0.15) is 0 Å². The smallest absolute Gasteiger partial charge is 0.184 e. The van der Waals surface area contributed by atoms with Gasteiger partial charge in [-0.25, -0.2) is 4.98 Å². The summed E-state index contributed by atoms with van der Waals surface area (Å²) in [5.41, 5.74) is 2.08. The van der Waals surface area contributed by atoms with Crippen LogP contribution in [-0.4, -0.2) is 33.4 Å². The van der Waals surface area contributed by atoms with Crippen LogP contribution >= 0.6 is 11.6 Å². The molecule has 0 aromatic carbocycles. The van der Waals surface area contributed by atoms with Crippen molar-refractivity contribution >= 4 is 11.6 Å². The number of rotatable bonds is 3. The first-order valence-corrected chi connectivity index (χ1v) is 6.74. The van der Waals surface area contributed by atoms with Gasteiger partial charge in [0, 0.05) is 17.3 Å². The van der Waals surface area contributed by atoms with E-state index in [2.05, 4.69) is 9.97 Å². The Morgan fingerprint density at radius 1 is 1.14 bits per heavy atom. The molecular weight excluding hydrogens is 296 g/mol.